The van der Waals surface area contributed by atoms with Gasteiger partial charge in [-0.2, -0.15) is 4.31 Å². The number of piperazine rings is 1. The lowest BCUT2D eigenvalue weighted by Crippen LogP contribution is -2.48. The van der Waals surface area contributed by atoms with E-state index in [9.17, 15) is 18.5 Å². The number of sulfonamides is 1. The largest absolute Gasteiger partial charge is 0.369 e. The molecule has 180 valence electrons. The van der Waals surface area contributed by atoms with Crippen LogP contribution in [0.25, 0.3) is 0 Å². The van der Waals surface area contributed by atoms with Gasteiger partial charge in [0, 0.05) is 73.6 Å². The maximum absolute atomic E-state index is 13.6. The van der Waals surface area contributed by atoms with E-state index >= 15 is 0 Å². The summed E-state index contributed by atoms with van der Waals surface area (Å²) in [5.74, 6) is 0. The van der Waals surface area contributed by atoms with Crippen molar-refractivity contribution in [1.82, 2.24) is 9.21 Å². The number of hydrogen-bond donors (Lipinski definition) is 0. The minimum atomic E-state index is -3.92. The summed E-state index contributed by atoms with van der Waals surface area (Å²) in [5.41, 5.74) is 1.30. The van der Waals surface area contributed by atoms with Gasteiger partial charge in [0.2, 0.25) is 10.0 Å². The highest BCUT2D eigenvalue weighted by Gasteiger charge is 2.33. The first-order valence-corrected chi connectivity index (χ1v) is 14.4. The van der Waals surface area contributed by atoms with Gasteiger partial charge in [0.05, 0.1) is 10.6 Å². The molecule has 0 radical (unpaired) electrons. The molecule has 1 fully saturated rings. The fourth-order valence-electron chi connectivity index (χ4n) is 3.80. The van der Waals surface area contributed by atoms with E-state index < -0.39 is 14.9 Å². The van der Waals surface area contributed by atoms with Gasteiger partial charge in [0.25, 0.3) is 5.69 Å². The quantitative estimate of drug-likeness (QED) is 0.222. The summed E-state index contributed by atoms with van der Waals surface area (Å²) in [6.07, 6.45) is 0. The van der Waals surface area contributed by atoms with E-state index in [1.165, 1.54) is 22.5 Å². The molecule has 0 bridgehead atoms. The van der Waals surface area contributed by atoms with Crippen LogP contribution in [0.15, 0.2) is 47.4 Å². The lowest BCUT2D eigenvalue weighted by molar-refractivity contribution is -0.385. The average molecular weight is 625 g/mol. The molecule has 0 aliphatic carbocycles. The molecule has 1 aliphatic heterocycles. The van der Waals surface area contributed by atoms with Crippen molar-refractivity contribution in [3.63, 3.8) is 0 Å². The third-order valence-electron chi connectivity index (χ3n) is 5.45. The minimum Gasteiger partial charge on any atom is -0.369 e. The zero-order valence-electron chi connectivity index (χ0n) is 17.9. The van der Waals surface area contributed by atoms with Crippen LogP contribution in [0.3, 0.4) is 0 Å². The molecular weight excluding hydrogens is 600 g/mol. The summed E-state index contributed by atoms with van der Waals surface area (Å²) in [7, 11) is -3.92. The van der Waals surface area contributed by atoms with Gasteiger partial charge in [-0.25, -0.2) is 8.42 Å². The number of rotatable bonds is 10. The highest BCUT2D eigenvalue weighted by atomic mass is 79.9. The van der Waals surface area contributed by atoms with Crippen molar-refractivity contribution in [1.29, 1.82) is 0 Å². The molecule has 0 N–H and O–H groups in total. The maximum Gasteiger partial charge on any atom is 0.270 e. The molecule has 0 spiro atoms. The van der Waals surface area contributed by atoms with Crippen LogP contribution in [-0.4, -0.2) is 72.5 Å². The van der Waals surface area contributed by atoms with Crippen LogP contribution >= 0.6 is 43.5 Å². The fraction of sp³-hybridized carbons (Fsp3) is 0.429. The van der Waals surface area contributed by atoms with Gasteiger partial charge in [-0.3, -0.25) is 15.0 Å². The number of alkyl halides is 2. The summed E-state index contributed by atoms with van der Waals surface area (Å²) in [6.45, 7) is 3.55. The first-order valence-electron chi connectivity index (χ1n) is 10.4. The smallest absolute Gasteiger partial charge is 0.270 e. The van der Waals surface area contributed by atoms with Crippen LogP contribution in [0.5, 0.6) is 0 Å². The Hall–Kier alpha value is -1.24. The van der Waals surface area contributed by atoms with E-state index in [4.69, 9.17) is 11.6 Å². The van der Waals surface area contributed by atoms with Gasteiger partial charge in [0.15, 0.2) is 0 Å². The second kappa shape index (κ2) is 11.9. The highest BCUT2D eigenvalue weighted by Crippen LogP contribution is 2.32. The van der Waals surface area contributed by atoms with Crippen molar-refractivity contribution >= 4 is 64.9 Å². The Kier molecular flexibility index (Phi) is 9.54. The van der Waals surface area contributed by atoms with E-state index in [2.05, 4.69) is 36.8 Å². The van der Waals surface area contributed by atoms with Crippen molar-refractivity contribution in [2.24, 2.45) is 0 Å². The van der Waals surface area contributed by atoms with Crippen LogP contribution in [0.4, 0.5) is 11.4 Å². The number of halogens is 3. The summed E-state index contributed by atoms with van der Waals surface area (Å²) in [5, 5.41) is 13.3. The Morgan fingerprint density at radius 2 is 1.70 bits per heavy atom. The predicted molar refractivity (Wildman–Crippen MR) is 138 cm³/mol. The third-order valence-corrected chi connectivity index (χ3v) is 8.32. The van der Waals surface area contributed by atoms with E-state index in [-0.39, 0.29) is 10.6 Å². The van der Waals surface area contributed by atoms with Crippen LogP contribution < -0.4 is 4.90 Å². The first-order chi connectivity index (χ1) is 15.8. The summed E-state index contributed by atoms with van der Waals surface area (Å²) < 4.78 is 28.7. The fourth-order valence-corrected chi connectivity index (χ4v) is 6.52. The maximum atomic E-state index is 13.6. The van der Waals surface area contributed by atoms with Crippen LogP contribution in [0.2, 0.25) is 5.02 Å². The van der Waals surface area contributed by atoms with Gasteiger partial charge < -0.3 is 4.90 Å². The molecule has 1 heterocycles. The zero-order valence-corrected chi connectivity index (χ0v) is 22.6. The van der Waals surface area contributed by atoms with Crippen molar-refractivity contribution in [2.75, 3.05) is 54.8 Å². The van der Waals surface area contributed by atoms with Gasteiger partial charge in [-0.05, 0) is 23.8 Å². The number of nitrogens with zero attached hydrogens (tertiary/aromatic N) is 4. The van der Waals surface area contributed by atoms with E-state index in [1.54, 1.807) is 0 Å². The summed E-state index contributed by atoms with van der Waals surface area (Å²) >= 11 is 12.9. The van der Waals surface area contributed by atoms with Gasteiger partial charge in [-0.1, -0.05) is 55.6 Å². The molecule has 2 aromatic rings. The molecular formula is C21H25Br2ClN4O4S. The van der Waals surface area contributed by atoms with Gasteiger partial charge in [-0.15, -0.1) is 0 Å². The molecule has 2 aromatic carbocycles. The van der Waals surface area contributed by atoms with Crippen molar-refractivity contribution in [3.8, 4) is 0 Å². The van der Waals surface area contributed by atoms with Crippen molar-refractivity contribution in [3.05, 3.63) is 63.2 Å². The Morgan fingerprint density at radius 1 is 1.03 bits per heavy atom. The molecule has 33 heavy (non-hydrogen) atoms. The Balaban J connectivity index is 1.84. The first kappa shape index (κ1) is 26.4. The molecule has 3 rings (SSSR count). The lowest BCUT2D eigenvalue weighted by atomic mass is 10.2. The molecule has 0 saturated carbocycles. The number of anilines is 1. The average Bonchev–Trinajstić information content (AvgIpc) is 2.79. The SMILES string of the molecule is O=[N+]([O-])c1ccc(N(CCBr)CCBr)c(S(=O)(=O)N2CCN(Cc3cccc(Cl)c3)CC2)c1. The zero-order chi connectivity index (χ0) is 24.0. The number of hydrogen-bond acceptors (Lipinski definition) is 6. The topological polar surface area (TPSA) is 87.0 Å². The Labute approximate surface area is 215 Å². The number of nitro groups is 1. The standard InChI is InChI=1S/C21H25Br2ClN4O4S/c22-6-8-26(9-7-23)20-5-4-19(28(29)30)15-21(20)33(31,32)27-12-10-25(11-13-27)16-17-2-1-3-18(24)14-17/h1-5,14-15H,6-13,16H2. The molecule has 1 saturated heterocycles. The Bertz CT molecular complexity index is 1080. The van der Waals surface area contributed by atoms with Crippen LogP contribution in [0, 0.1) is 10.1 Å². The lowest BCUT2D eigenvalue weighted by Gasteiger charge is -2.35. The number of non-ortho nitro benzene ring substituents is 1. The third kappa shape index (κ3) is 6.67. The number of benzene rings is 2. The van der Waals surface area contributed by atoms with E-state index in [0.29, 0.717) is 67.2 Å². The van der Waals surface area contributed by atoms with Crippen molar-refractivity contribution < 1.29 is 13.3 Å². The second-order valence-corrected chi connectivity index (χ2v) is 11.5. The summed E-state index contributed by atoms with van der Waals surface area (Å²) in [4.78, 5) is 14.9. The van der Waals surface area contributed by atoms with E-state index in [1.807, 2.05) is 29.2 Å². The van der Waals surface area contributed by atoms with Crippen molar-refractivity contribution in [2.45, 2.75) is 11.4 Å². The molecule has 0 atom stereocenters. The van der Waals surface area contributed by atoms with E-state index in [0.717, 1.165) is 5.56 Å². The normalized spacial score (nSPS) is 15.5. The molecule has 8 nitrogen and oxygen atoms in total. The molecule has 0 amide bonds. The predicted octanol–water partition coefficient (Wildman–Crippen LogP) is 4.35. The molecule has 12 heteroatoms. The molecule has 0 aromatic heterocycles. The highest BCUT2D eigenvalue weighted by molar-refractivity contribution is 9.09. The summed E-state index contributed by atoms with van der Waals surface area (Å²) in [6, 6.07) is 11.7. The molecule has 0 unspecified atom stereocenters. The second-order valence-electron chi connectivity index (χ2n) is 7.58. The van der Waals surface area contributed by atoms with Crippen LogP contribution in [-0.2, 0) is 16.6 Å². The molecule has 1 aliphatic rings. The van der Waals surface area contributed by atoms with Crippen LogP contribution in [0.1, 0.15) is 5.56 Å². The minimum absolute atomic E-state index is 0.0260. The van der Waals surface area contributed by atoms with Gasteiger partial charge in [0.1, 0.15) is 4.90 Å². The van der Waals surface area contributed by atoms with Gasteiger partial charge >= 0.3 is 0 Å². The number of nitro benzene ring substituents is 1. The Morgan fingerprint density at radius 3 is 2.27 bits per heavy atom. The monoisotopic (exact) mass is 622 g/mol.